The number of carbonyl (C=O) groups excluding carboxylic acids is 1. The van der Waals surface area contributed by atoms with Crippen molar-refractivity contribution < 1.29 is 9.53 Å². The Morgan fingerprint density at radius 3 is 2.71 bits per heavy atom. The van der Waals surface area contributed by atoms with Crippen LogP contribution in [0.2, 0.25) is 0 Å². The fourth-order valence-electron chi connectivity index (χ4n) is 1.23. The lowest BCUT2D eigenvalue weighted by atomic mass is 10.2. The van der Waals surface area contributed by atoms with Gasteiger partial charge in [-0.2, -0.15) is 0 Å². The second kappa shape index (κ2) is 3.86. The molecular formula is C11H17NO2. The Bertz CT molecular complexity index is 274. The molecule has 0 fully saturated rings. The topological polar surface area (TPSA) is 38.3 Å². The molecule has 0 aliphatic heterocycles. The molecule has 0 aromatic heterocycles. The van der Waals surface area contributed by atoms with E-state index in [0.717, 1.165) is 12.0 Å². The van der Waals surface area contributed by atoms with Crippen molar-refractivity contribution in [3.63, 3.8) is 0 Å². The molecule has 0 bridgehead atoms. The molecule has 1 aliphatic carbocycles. The summed E-state index contributed by atoms with van der Waals surface area (Å²) in [7, 11) is 0. The molecular weight excluding hydrogens is 178 g/mol. The van der Waals surface area contributed by atoms with E-state index >= 15 is 0 Å². The Morgan fingerprint density at radius 2 is 2.29 bits per heavy atom. The molecule has 0 aromatic rings. The summed E-state index contributed by atoms with van der Waals surface area (Å²) in [5.41, 5.74) is 0.592. The van der Waals surface area contributed by atoms with Gasteiger partial charge in [-0.1, -0.05) is 24.3 Å². The molecule has 1 atom stereocenters. The van der Waals surface area contributed by atoms with Gasteiger partial charge in [-0.25, -0.2) is 4.79 Å². The van der Waals surface area contributed by atoms with Gasteiger partial charge >= 0.3 is 6.09 Å². The van der Waals surface area contributed by atoms with Gasteiger partial charge in [0, 0.05) is 0 Å². The SMILES string of the molecule is C=C1C=CC(NC(=O)OC(C)(C)C)C1. The Labute approximate surface area is 84.8 Å². The Kier molecular flexibility index (Phi) is 2.99. The van der Waals surface area contributed by atoms with Crippen LogP contribution < -0.4 is 5.32 Å². The van der Waals surface area contributed by atoms with Gasteiger partial charge < -0.3 is 10.1 Å². The number of alkyl carbamates (subject to hydrolysis) is 1. The van der Waals surface area contributed by atoms with Gasteiger partial charge in [-0.15, -0.1) is 0 Å². The molecule has 0 radical (unpaired) electrons. The monoisotopic (exact) mass is 195 g/mol. The largest absolute Gasteiger partial charge is 0.444 e. The molecule has 14 heavy (non-hydrogen) atoms. The molecule has 1 aliphatic rings. The molecule has 78 valence electrons. The van der Waals surface area contributed by atoms with E-state index in [9.17, 15) is 4.79 Å². The minimum Gasteiger partial charge on any atom is -0.444 e. The van der Waals surface area contributed by atoms with E-state index in [4.69, 9.17) is 4.74 Å². The van der Waals surface area contributed by atoms with E-state index in [1.54, 1.807) is 0 Å². The van der Waals surface area contributed by atoms with E-state index in [2.05, 4.69) is 11.9 Å². The number of ether oxygens (including phenoxy) is 1. The summed E-state index contributed by atoms with van der Waals surface area (Å²) < 4.78 is 5.12. The third-order valence-corrected chi connectivity index (χ3v) is 1.75. The number of rotatable bonds is 1. The highest BCUT2D eigenvalue weighted by atomic mass is 16.6. The van der Waals surface area contributed by atoms with Crippen LogP contribution in [0.4, 0.5) is 4.79 Å². The summed E-state index contributed by atoms with van der Waals surface area (Å²) in [4.78, 5) is 11.3. The third kappa shape index (κ3) is 3.64. The zero-order valence-electron chi connectivity index (χ0n) is 8.96. The van der Waals surface area contributed by atoms with Crippen molar-refractivity contribution in [3.05, 3.63) is 24.3 Å². The van der Waals surface area contributed by atoms with Gasteiger partial charge in [0.25, 0.3) is 0 Å². The number of hydrogen-bond acceptors (Lipinski definition) is 2. The first-order valence-corrected chi connectivity index (χ1v) is 4.72. The van der Waals surface area contributed by atoms with Crippen LogP contribution >= 0.6 is 0 Å². The first kappa shape index (κ1) is 10.8. The number of nitrogens with one attached hydrogen (secondary N) is 1. The van der Waals surface area contributed by atoms with Gasteiger partial charge in [0.05, 0.1) is 6.04 Å². The molecule has 0 aromatic carbocycles. The minimum atomic E-state index is -0.441. The fourth-order valence-corrected chi connectivity index (χ4v) is 1.23. The van der Waals surface area contributed by atoms with Crippen LogP contribution in [-0.4, -0.2) is 17.7 Å². The van der Waals surface area contributed by atoms with E-state index < -0.39 is 5.60 Å². The molecule has 0 heterocycles. The van der Waals surface area contributed by atoms with Gasteiger partial charge in [0.2, 0.25) is 0 Å². The standard InChI is InChI=1S/C11H17NO2/c1-8-5-6-9(7-8)12-10(13)14-11(2,3)4/h5-6,9H,1,7H2,2-4H3,(H,12,13). The van der Waals surface area contributed by atoms with E-state index in [-0.39, 0.29) is 12.1 Å². The van der Waals surface area contributed by atoms with Gasteiger partial charge in [-0.05, 0) is 27.2 Å². The lowest BCUT2D eigenvalue weighted by molar-refractivity contribution is 0.0515. The minimum absolute atomic E-state index is 0.0392. The average molecular weight is 195 g/mol. The van der Waals surface area contributed by atoms with Crippen LogP contribution in [0.3, 0.4) is 0 Å². The maximum Gasteiger partial charge on any atom is 0.408 e. The summed E-state index contributed by atoms with van der Waals surface area (Å²) in [5.74, 6) is 0. The zero-order chi connectivity index (χ0) is 10.8. The van der Waals surface area contributed by atoms with Gasteiger partial charge in [0.15, 0.2) is 0 Å². The molecule has 0 spiro atoms. The van der Waals surface area contributed by atoms with Crippen LogP contribution in [-0.2, 0) is 4.74 Å². The highest BCUT2D eigenvalue weighted by molar-refractivity contribution is 5.68. The number of hydrogen-bond donors (Lipinski definition) is 1. The predicted molar refractivity (Wildman–Crippen MR) is 56.1 cm³/mol. The lowest BCUT2D eigenvalue weighted by Gasteiger charge is -2.21. The van der Waals surface area contributed by atoms with Crippen LogP contribution in [0.15, 0.2) is 24.3 Å². The van der Waals surface area contributed by atoms with Crippen LogP contribution in [0.1, 0.15) is 27.2 Å². The van der Waals surface area contributed by atoms with Crippen molar-refractivity contribution in [1.82, 2.24) is 5.32 Å². The molecule has 1 amide bonds. The Hall–Kier alpha value is -1.25. The number of carbonyl (C=O) groups is 1. The fraction of sp³-hybridized carbons (Fsp3) is 0.545. The van der Waals surface area contributed by atoms with E-state index in [1.807, 2.05) is 32.9 Å². The maximum absolute atomic E-state index is 11.3. The zero-order valence-corrected chi connectivity index (χ0v) is 8.96. The predicted octanol–water partition coefficient (Wildman–Crippen LogP) is 2.40. The normalized spacial score (nSPS) is 21.1. The average Bonchev–Trinajstić information content (AvgIpc) is 2.30. The molecule has 1 N–H and O–H groups in total. The molecule has 0 saturated heterocycles. The van der Waals surface area contributed by atoms with Crippen LogP contribution in [0.25, 0.3) is 0 Å². The summed E-state index contributed by atoms with van der Waals surface area (Å²) >= 11 is 0. The Balaban J connectivity index is 2.35. The molecule has 3 heteroatoms. The highest BCUT2D eigenvalue weighted by Gasteiger charge is 2.19. The van der Waals surface area contributed by atoms with Crippen molar-refractivity contribution >= 4 is 6.09 Å². The van der Waals surface area contributed by atoms with Crippen molar-refractivity contribution in [3.8, 4) is 0 Å². The number of amides is 1. The maximum atomic E-state index is 11.3. The summed E-state index contributed by atoms with van der Waals surface area (Å²) in [6.45, 7) is 9.34. The molecule has 1 unspecified atom stereocenters. The van der Waals surface area contributed by atoms with Crippen LogP contribution in [0.5, 0.6) is 0 Å². The summed E-state index contributed by atoms with van der Waals surface area (Å²) in [6.07, 6.45) is 4.25. The first-order valence-electron chi connectivity index (χ1n) is 4.72. The summed E-state index contributed by atoms with van der Waals surface area (Å²) in [6, 6.07) is 0.0392. The van der Waals surface area contributed by atoms with Crippen molar-refractivity contribution in [1.29, 1.82) is 0 Å². The van der Waals surface area contributed by atoms with Crippen LogP contribution in [0, 0.1) is 0 Å². The molecule has 0 saturated carbocycles. The molecule has 1 rings (SSSR count). The van der Waals surface area contributed by atoms with Crippen molar-refractivity contribution in [2.45, 2.75) is 38.8 Å². The van der Waals surface area contributed by atoms with Gasteiger partial charge in [0.1, 0.15) is 5.60 Å². The molecule has 3 nitrogen and oxygen atoms in total. The second-order valence-corrected chi connectivity index (χ2v) is 4.47. The van der Waals surface area contributed by atoms with Crippen molar-refractivity contribution in [2.75, 3.05) is 0 Å². The third-order valence-electron chi connectivity index (χ3n) is 1.75. The van der Waals surface area contributed by atoms with E-state index in [1.165, 1.54) is 0 Å². The van der Waals surface area contributed by atoms with E-state index in [0.29, 0.717) is 0 Å². The van der Waals surface area contributed by atoms with Crippen molar-refractivity contribution in [2.24, 2.45) is 0 Å². The number of allylic oxidation sites excluding steroid dienone is 1. The second-order valence-electron chi connectivity index (χ2n) is 4.47. The highest BCUT2D eigenvalue weighted by Crippen LogP contribution is 2.15. The first-order chi connectivity index (χ1) is 6.37. The Morgan fingerprint density at radius 1 is 1.64 bits per heavy atom. The quantitative estimate of drug-likeness (QED) is 0.697. The lowest BCUT2D eigenvalue weighted by Crippen LogP contribution is -2.37. The smallest absolute Gasteiger partial charge is 0.408 e. The summed E-state index contributed by atoms with van der Waals surface area (Å²) in [5, 5.41) is 2.76. The van der Waals surface area contributed by atoms with Gasteiger partial charge in [-0.3, -0.25) is 0 Å².